The molecule has 0 saturated carbocycles. The van der Waals surface area contributed by atoms with E-state index in [0.717, 1.165) is 56.1 Å². The fourth-order valence-corrected chi connectivity index (χ4v) is 4.33. The molecule has 3 heterocycles. The molecule has 0 aliphatic carbocycles. The third-order valence-electron chi connectivity index (χ3n) is 6.09. The van der Waals surface area contributed by atoms with Crippen molar-refractivity contribution in [2.45, 2.75) is 38.8 Å². The number of piperidine rings is 1. The second kappa shape index (κ2) is 7.25. The quantitative estimate of drug-likeness (QED) is 0.800. The molecule has 144 valence electrons. The third kappa shape index (κ3) is 3.53. The Bertz CT molecular complexity index is 761. The number of hydrogen-bond donors (Lipinski definition) is 2. The van der Waals surface area contributed by atoms with Crippen LogP contribution in [0, 0.1) is 5.92 Å². The Labute approximate surface area is 161 Å². The molecule has 6 nitrogen and oxygen atoms in total. The molecule has 3 N–H and O–H groups in total. The molecule has 27 heavy (non-hydrogen) atoms. The number of amidine groups is 1. The Hall–Kier alpha value is -2.50. The van der Waals surface area contributed by atoms with Gasteiger partial charge in [-0.1, -0.05) is 12.1 Å². The molecule has 2 atom stereocenters. The summed E-state index contributed by atoms with van der Waals surface area (Å²) in [6.45, 7) is 7.70. The number of nitrogens with zero attached hydrogens (tertiary/aromatic N) is 3. The number of anilines is 1. The number of fused-ring (bicyclic) bond motifs is 1. The topological polar surface area (TPSA) is 74.0 Å². The van der Waals surface area contributed by atoms with E-state index in [4.69, 9.17) is 5.73 Å². The molecule has 1 aromatic carbocycles. The molecule has 6 heteroatoms. The van der Waals surface area contributed by atoms with Crippen molar-refractivity contribution in [1.82, 2.24) is 15.1 Å². The number of likely N-dealkylation sites (tertiary alicyclic amines) is 1. The number of aliphatic imine (C=N–C) groups is 1. The summed E-state index contributed by atoms with van der Waals surface area (Å²) in [5.41, 5.74) is 8.78. The van der Waals surface area contributed by atoms with Gasteiger partial charge < -0.3 is 20.9 Å². The molecule has 1 amide bonds. The summed E-state index contributed by atoms with van der Waals surface area (Å²) in [4.78, 5) is 21.8. The highest BCUT2D eigenvalue weighted by Gasteiger charge is 2.34. The molecular formula is C21H29N5O. The van der Waals surface area contributed by atoms with E-state index in [1.807, 2.05) is 36.1 Å². The van der Waals surface area contributed by atoms with Gasteiger partial charge in [0.1, 0.15) is 5.84 Å². The highest BCUT2D eigenvalue weighted by Crippen LogP contribution is 2.28. The van der Waals surface area contributed by atoms with Crippen molar-refractivity contribution in [1.29, 1.82) is 0 Å². The number of carbonyl (C=O) groups excluding carboxylic acids is 1. The first-order chi connectivity index (χ1) is 13.0. The van der Waals surface area contributed by atoms with Gasteiger partial charge in [-0.05, 0) is 56.4 Å². The van der Waals surface area contributed by atoms with Crippen molar-refractivity contribution in [3.8, 4) is 0 Å². The maximum atomic E-state index is 12.9. The predicted molar refractivity (Wildman–Crippen MR) is 108 cm³/mol. The summed E-state index contributed by atoms with van der Waals surface area (Å²) in [6, 6.07) is 7.65. The second-order valence-corrected chi connectivity index (χ2v) is 7.91. The molecule has 2 unspecified atom stereocenters. The van der Waals surface area contributed by atoms with Gasteiger partial charge >= 0.3 is 0 Å². The first-order valence-electron chi connectivity index (χ1n) is 9.95. The summed E-state index contributed by atoms with van der Waals surface area (Å²) in [5, 5.41) is 3.45. The highest BCUT2D eigenvalue weighted by molar-refractivity contribution is 6.01. The largest absolute Gasteiger partial charge is 0.399 e. The zero-order chi connectivity index (χ0) is 19.0. The van der Waals surface area contributed by atoms with Crippen LogP contribution in [0.25, 0.3) is 0 Å². The standard InChI is InChI=1S/C21H29N5O/c1-14(17-3-5-18(22)6-4-17)21(27)25-11-8-16(9-12-25)13-26-15(2)24-20-19(26)7-10-23-20/h3-7,14-16H,8-13,22H2,1-2H3,(H,23,24). The van der Waals surface area contributed by atoms with E-state index in [-0.39, 0.29) is 11.8 Å². The molecule has 0 spiro atoms. The Morgan fingerprint density at radius 3 is 2.70 bits per heavy atom. The molecule has 1 aromatic rings. The van der Waals surface area contributed by atoms with Gasteiger partial charge in [-0.25, -0.2) is 0 Å². The van der Waals surface area contributed by atoms with E-state index in [2.05, 4.69) is 28.2 Å². The molecule has 0 aromatic heterocycles. The lowest BCUT2D eigenvalue weighted by molar-refractivity contribution is -0.133. The van der Waals surface area contributed by atoms with E-state index in [1.165, 1.54) is 5.70 Å². The number of nitrogen functional groups attached to an aromatic ring is 1. The molecule has 2 saturated heterocycles. The lowest BCUT2D eigenvalue weighted by atomic mass is 9.93. The summed E-state index contributed by atoms with van der Waals surface area (Å²) < 4.78 is 0. The van der Waals surface area contributed by atoms with Crippen LogP contribution >= 0.6 is 0 Å². The molecule has 4 rings (SSSR count). The Balaban J connectivity index is 1.31. The van der Waals surface area contributed by atoms with Crippen LogP contribution in [0.4, 0.5) is 5.69 Å². The third-order valence-corrected chi connectivity index (χ3v) is 6.09. The summed E-state index contributed by atoms with van der Waals surface area (Å²) in [5.74, 6) is 1.77. The zero-order valence-corrected chi connectivity index (χ0v) is 16.2. The average Bonchev–Trinajstić information content (AvgIpc) is 3.24. The molecule has 0 radical (unpaired) electrons. The monoisotopic (exact) mass is 367 g/mol. The van der Waals surface area contributed by atoms with Crippen LogP contribution in [-0.2, 0) is 4.79 Å². The molecular weight excluding hydrogens is 338 g/mol. The zero-order valence-electron chi connectivity index (χ0n) is 16.2. The molecule has 3 aliphatic heterocycles. The van der Waals surface area contributed by atoms with Gasteiger partial charge in [0.15, 0.2) is 0 Å². The first kappa shape index (κ1) is 17.9. The van der Waals surface area contributed by atoms with Crippen molar-refractivity contribution in [2.24, 2.45) is 10.9 Å². The van der Waals surface area contributed by atoms with Crippen molar-refractivity contribution in [2.75, 3.05) is 31.9 Å². The Morgan fingerprint density at radius 2 is 2.00 bits per heavy atom. The number of nitrogens with two attached hydrogens (primary N) is 1. The normalized spacial score (nSPS) is 23.6. The van der Waals surface area contributed by atoms with Crippen LogP contribution in [0.5, 0.6) is 0 Å². The number of benzene rings is 1. The van der Waals surface area contributed by atoms with Crippen LogP contribution in [0.2, 0.25) is 0 Å². The Kier molecular flexibility index (Phi) is 4.81. The van der Waals surface area contributed by atoms with E-state index in [0.29, 0.717) is 12.1 Å². The van der Waals surface area contributed by atoms with E-state index >= 15 is 0 Å². The maximum Gasteiger partial charge on any atom is 0.229 e. The first-order valence-corrected chi connectivity index (χ1v) is 9.95. The van der Waals surface area contributed by atoms with Gasteiger partial charge in [0.05, 0.1) is 24.3 Å². The lowest BCUT2D eigenvalue weighted by Gasteiger charge is -2.36. The van der Waals surface area contributed by atoms with Gasteiger partial charge in [0.25, 0.3) is 0 Å². The minimum absolute atomic E-state index is 0.118. The van der Waals surface area contributed by atoms with E-state index < -0.39 is 0 Å². The smallest absolute Gasteiger partial charge is 0.229 e. The van der Waals surface area contributed by atoms with Gasteiger partial charge in [0.2, 0.25) is 5.91 Å². The minimum Gasteiger partial charge on any atom is -0.399 e. The Morgan fingerprint density at radius 1 is 1.30 bits per heavy atom. The van der Waals surface area contributed by atoms with Crippen LogP contribution in [0.1, 0.15) is 38.2 Å². The number of hydrogen-bond acceptors (Lipinski definition) is 5. The van der Waals surface area contributed by atoms with Gasteiger partial charge in [-0.15, -0.1) is 0 Å². The number of rotatable bonds is 4. The van der Waals surface area contributed by atoms with Crippen LogP contribution in [0.3, 0.4) is 0 Å². The maximum absolute atomic E-state index is 12.9. The van der Waals surface area contributed by atoms with Crippen LogP contribution < -0.4 is 11.1 Å². The fourth-order valence-electron chi connectivity index (χ4n) is 4.33. The van der Waals surface area contributed by atoms with E-state index in [1.54, 1.807) is 0 Å². The lowest BCUT2D eigenvalue weighted by Crippen LogP contribution is -2.44. The van der Waals surface area contributed by atoms with Crippen molar-refractivity contribution < 1.29 is 4.79 Å². The number of nitrogens with one attached hydrogen (secondary N) is 1. The van der Waals surface area contributed by atoms with E-state index in [9.17, 15) is 4.79 Å². The van der Waals surface area contributed by atoms with Gasteiger partial charge in [0, 0.05) is 25.3 Å². The van der Waals surface area contributed by atoms with Crippen molar-refractivity contribution in [3.05, 3.63) is 41.6 Å². The fraction of sp³-hybridized carbons (Fsp3) is 0.524. The summed E-state index contributed by atoms with van der Waals surface area (Å²) in [6.07, 6.45) is 4.63. The van der Waals surface area contributed by atoms with Crippen LogP contribution in [-0.4, -0.2) is 53.9 Å². The van der Waals surface area contributed by atoms with Crippen LogP contribution in [0.15, 0.2) is 41.0 Å². The van der Waals surface area contributed by atoms with Gasteiger partial charge in [-0.2, -0.15) is 0 Å². The SMILES string of the molecule is CC(C(=O)N1CCC(CN2C3=CCN=C3NC2C)CC1)c1ccc(N)cc1. The molecule has 3 aliphatic rings. The summed E-state index contributed by atoms with van der Waals surface area (Å²) in [7, 11) is 0. The van der Waals surface area contributed by atoms with Crippen molar-refractivity contribution in [3.63, 3.8) is 0 Å². The highest BCUT2D eigenvalue weighted by atomic mass is 16.2. The molecule has 2 fully saturated rings. The minimum atomic E-state index is -0.118. The molecule has 0 bridgehead atoms. The number of amides is 1. The number of carbonyl (C=O) groups is 1. The predicted octanol–water partition coefficient (Wildman–Crippen LogP) is 2.16. The van der Waals surface area contributed by atoms with Crippen molar-refractivity contribution >= 4 is 17.4 Å². The van der Waals surface area contributed by atoms with Gasteiger partial charge in [-0.3, -0.25) is 9.79 Å². The summed E-state index contributed by atoms with van der Waals surface area (Å²) >= 11 is 0. The average molecular weight is 367 g/mol. The second-order valence-electron chi connectivity index (χ2n) is 7.91.